The van der Waals surface area contributed by atoms with E-state index in [1.54, 1.807) is 7.11 Å². The van der Waals surface area contributed by atoms with Gasteiger partial charge in [-0.2, -0.15) is 0 Å². The lowest BCUT2D eigenvalue weighted by Crippen LogP contribution is -2.03. The van der Waals surface area contributed by atoms with Gasteiger partial charge in [-0.3, -0.25) is 4.21 Å². The van der Waals surface area contributed by atoms with Crippen molar-refractivity contribution in [3.05, 3.63) is 58.7 Å². The first-order chi connectivity index (χ1) is 10.0. The summed E-state index contributed by atoms with van der Waals surface area (Å²) in [7, 11) is 0.565. The van der Waals surface area contributed by atoms with Crippen LogP contribution in [-0.2, 0) is 23.1 Å². The lowest BCUT2D eigenvalue weighted by Gasteiger charge is -2.10. The second-order valence-electron chi connectivity index (χ2n) is 5.11. The molecule has 0 saturated heterocycles. The first-order valence-electron chi connectivity index (χ1n) is 6.86. The summed E-state index contributed by atoms with van der Waals surface area (Å²) >= 11 is 0. The van der Waals surface area contributed by atoms with Crippen LogP contribution < -0.4 is 10.5 Å². The Balaban J connectivity index is 2.23. The molecule has 0 aliphatic carbocycles. The van der Waals surface area contributed by atoms with Gasteiger partial charge in [-0.25, -0.2) is 0 Å². The molecule has 0 aliphatic rings. The second-order valence-corrected chi connectivity index (χ2v) is 6.53. The van der Waals surface area contributed by atoms with E-state index in [0.717, 1.165) is 27.3 Å². The highest BCUT2D eigenvalue weighted by atomic mass is 32.2. The maximum absolute atomic E-state index is 12.5. The quantitative estimate of drug-likeness (QED) is 0.923. The first-order valence-corrected chi connectivity index (χ1v) is 8.18. The van der Waals surface area contributed by atoms with E-state index in [-0.39, 0.29) is 0 Å². The average molecular weight is 303 g/mol. The van der Waals surface area contributed by atoms with Crippen LogP contribution in [-0.4, -0.2) is 11.3 Å². The van der Waals surface area contributed by atoms with Gasteiger partial charge in [0.1, 0.15) is 5.75 Å². The van der Waals surface area contributed by atoms with Gasteiger partial charge in [-0.1, -0.05) is 29.8 Å². The Bertz CT molecular complexity index is 668. The van der Waals surface area contributed by atoms with E-state index in [2.05, 4.69) is 6.07 Å². The average Bonchev–Trinajstić information content (AvgIpc) is 2.46. The Hall–Kier alpha value is -1.65. The van der Waals surface area contributed by atoms with Gasteiger partial charge in [0.05, 0.1) is 23.7 Å². The smallest absolute Gasteiger partial charge is 0.123 e. The van der Waals surface area contributed by atoms with Crippen molar-refractivity contribution in [2.45, 2.75) is 31.0 Å². The van der Waals surface area contributed by atoms with Gasteiger partial charge in [0.25, 0.3) is 0 Å². The summed E-state index contributed by atoms with van der Waals surface area (Å²) in [5.41, 5.74) is 9.86. The van der Waals surface area contributed by atoms with Gasteiger partial charge in [-0.05, 0) is 37.1 Å². The van der Waals surface area contributed by atoms with Gasteiger partial charge in [0.2, 0.25) is 0 Å². The van der Waals surface area contributed by atoms with Gasteiger partial charge in [-0.15, -0.1) is 0 Å². The van der Waals surface area contributed by atoms with Crippen molar-refractivity contribution in [1.82, 2.24) is 0 Å². The van der Waals surface area contributed by atoms with Crippen molar-refractivity contribution in [2.75, 3.05) is 7.11 Å². The number of hydrogen-bond donors (Lipinski definition) is 1. The highest BCUT2D eigenvalue weighted by Crippen LogP contribution is 2.23. The van der Waals surface area contributed by atoms with Gasteiger partial charge >= 0.3 is 0 Å². The molecule has 0 aromatic heterocycles. The lowest BCUT2D eigenvalue weighted by molar-refractivity contribution is 0.409. The molecular weight excluding hydrogens is 282 g/mol. The Morgan fingerprint density at radius 1 is 1.14 bits per heavy atom. The van der Waals surface area contributed by atoms with Crippen molar-refractivity contribution in [3.63, 3.8) is 0 Å². The minimum atomic E-state index is -1.06. The van der Waals surface area contributed by atoms with Crippen LogP contribution in [0.1, 0.15) is 22.3 Å². The maximum atomic E-state index is 12.5. The Morgan fingerprint density at radius 3 is 2.52 bits per heavy atom. The van der Waals surface area contributed by atoms with E-state index in [1.165, 1.54) is 5.56 Å². The predicted octanol–water partition coefficient (Wildman–Crippen LogP) is 3.08. The molecule has 2 rings (SSSR count). The summed E-state index contributed by atoms with van der Waals surface area (Å²) in [6.45, 7) is 4.47. The molecule has 0 heterocycles. The highest BCUT2D eigenvalue weighted by Gasteiger charge is 2.10. The van der Waals surface area contributed by atoms with Crippen LogP contribution >= 0.6 is 0 Å². The number of rotatable bonds is 5. The molecule has 1 unspecified atom stereocenters. The van der Waals surface area contributed by atoms with E-state index in [4.69, 9.17) is 10.5 Å². The molecule has 21 heavy (non-hydrogen) atoms. The van der Waals surface area contributed by atoms with E-state index in [1.807, 2.05) is 44.2 Å². The van der Waals surface area contributed by atoms with E-state index < -0.39 is 10.8 Å². The molecular formula is C17H21NO2S. The molecule has 0 aliphatic heterocycles. The van der Waals surface area contributed by atoms with Crippen LogP contribution in [0.5, 0.6) is 5.75 Å². The Kier molecular flexibility index (Phi) is 5.15. The Morgan fingerprint density at radius 2 is 1.90 bits per heavy atom. The number of methoxy groups -OCH3 is 1. The summed E-state index contributed by atoms with van der Waals surface area (Å²) in [4.78, 5) is 0.891. The lowest BCUT2D eigenvalue weighted by atomic mass is 10.1. The third-order valence-electron chi connectivity index (χ3n) is 3.44. The summed E-state index contributed by atoms with van der Waals surface area (Å²) in [6.07, 6.45) is 0. The first kappa shape index (κ1) is 15.7. The molecule has 0 bridgehead atoms. The zero-order valence-electron chi connectivity index (χ0n) is 12.7. The molecule has 0 fully saturated rings. The minimum Gasteiger partial charge on any atom is -0.496 e. The molecule has 0 saturated carbocycles. The molecule has 1 atom stereocenters. The molecule has 2 aromatic carbocycles. The van der Waals surface area contributed by atoms with Crippen molar-refractivity contribution in [3.8, 4) is 5.75 Å². The molecule has 4 heteroatoms. The maximum Gasteiger partial charge on any atom is 0.123 e. The number of nitrogens with two attached hydrogens (primary N) is 1. The van der Waals surface area contributed by atoms with Gasteiger partial charge in [0, 0.05) is 17.0 Å². The van der Waals surface area contributed by atoms with Crippen LogP contribution in [0.25, 0.3) is 0 Å². The topological polar surface area (TPSA) is 52.3 Å². The largest absolute Gasteiger partial charge is 0.496 e. The molecule has 0 radical (unpaired) electrons. The molecule has 0 spiro atoms. The van der Waals surface area contributed by atoms with Crippen molar-refractivity contribution >= 4 is 10.8 Å². The summed E-state index contributed by atoms with van der Waals surface area (Å²) < 4.78 is 17.9. The summed E-state index contributed by atoms with van der Waals surface area (Å²) in [5.74, 6) is 1.23. The van der Waals surface area contributed by atoms with Crippen LogP contribution in [0.4, 0.5) is 0 Å². The summed E-state index contributed by atoms with van der Waals surface area (Å²) in [6, 6.07) is 11.8. The number of aryl methyl sites for hydroxylation is 2. The Labute approximate surface area is 128 Å². The zero-order chi connectivity index (χ0) is 15.4. The predicted molar refractivity (Wildman–Crippen MR) is 86.9 cm³/mol. The SMILES string of the molecule is COc1cc(CS(=O)c2ccc(C)cc2C)ccc1CN. The minimum absolute atomic E-state index is 0.434. The van der Waals surface area contributed by atoms with E-state index in [9.17, 15) is 4.21 Å². The van der Waals surface area contributed by atoms with Crippen LogP contribution in [0.15, 0.2) is 41.3 Å². The fraction of sp³-hybridized carbons (Fsp3) is 0.294. The van der Waals surface area contributed by atoms with Crippen molar-refractivity contribution < 1.29 is 8.95 Å². The van der Waals surface area contributed by atoms with E-state index in [0.29, 0.717) is 12.3 Å². The zero-order valence-corrected chi connectivity index (χ0v) is 13.5. The molecule has 2 N–H and O–H groups in total. The van der Waals surface area contributed by atoms with Crippen LogP contribution in [0.3, 0.4) is 0 Å². The normalized spacial score (nSPS) is 12.2. The number of benzene rings is 2. The fourth-order valence-electron chi connectivity index (χ4n) is 2.33. The standard InChI is InChI=1S/C17H21NO2S/c1-12-4-7-17(13(2)8-12)21(19)11-14-5-6-15(10-18)16(9-14)20-3/h4-9H,10-11,18H2,1-3H3. The number of hydrogen-bond acceptors (Lipinski definition) is 3. The third-order valence-corrected chi connectivity index (χ3v) is 4.99. The second kappa shape index (κ2) is 6.87. The molecule has 112 valence electrons. The third kappa shape index (κ3) is 3.71. The molecule has 0 amide bonds. The van der Waals surface area contributed by atoms with Gasteiger partial charge < -0.3 is 10.5 Å². The van der Waals surface area contributed by atoms with Crippen molar-refractivity contribution in [2.24, 2.45) is 5.73 Å². The van der Waals surface area contributed by atoms with Crippen LogP contribution in [0.2, 0.25) is 0 Å². The van der Waals surface area contributed by atoms with Crippen molar-refractivity contribution in [1.29, 1.82) is 0 Å². The fourth-order valence-corrected chi connectivity index (χ4v) is 3.61. The number of ether oxygens (including phenoxy) is 1. The summed E-state index contributed by atoms with van der Waals surface area (Å²) in [5, 5.41) is 0. The molecule has 2 aromatic rings. The van der Waals surface area contributed by atoms with Gasteiger partial charge in [0.15, 0.2) is 0 Å². The highest BCUT2D eigenvalue weighted by molar-refractivity contribution is 7.84. The van der Waals surface area contributed by atoms with Crippen LogP contribution in [0, 0.1) is 13.8 Å². The van der Waals surface area contributed by atoms with E-state index >= 15 is 0 Å². The monoisotopic (exact) mass is 303 g/mol. The molecule has 3 nitrogen and oxygen atoms in total.